The third-order valence-electron chi connectivity index (χ3n) is 6.95. The Balaban J connectivity index is 1.53. The molecule has 4 rings (SSSR count). The number of benzene rings is 2. The Morgan fingerprint density at radius 2 is 1.69 bits per heavy atom. The van der Waals surface area contributed by atoms with Crippen molar-refractivity contribution in [1.82, 2.24) is 9.21 Å². The Morgan fingerprint density at radius 3 is 2.25 bits per heavy atom. The van der Waals surface area contributed by atoms with Crippen LogP contribution < -0.4 is 4.90 Å². The van der Waals surface area contributed by atoms with Crippen LogP contribution in [0.5, 0.6) is 0 Å². The van der Waals surface area contributed by atoms with Crippen molar-refractivity contribution in [1.29, 1.82) is 0 Å². The first-order valence-electron chi connectivity index (χ1n) is 11.9. The van der Waals surface area contributed by atoms with Crippen LogP contribution in [0.25, 0.3) is 0 Å². The van der Waals surface area contributed by atoms with E-state index in [1.807, 2.05) is 4.90 Å². The lowest BCUT2D eigenvalue weighted by Gasteiger charge is -2.37. The van der Waals surface area contributed by atoms with E-state index in [9.17, 15) is 26.4 Å². The minimum Gasteiger partial charge on any atom is -0.368 e. The topological polar surface area (TPSA) is 60.9 Å². The summed E-state index contributed by atoms with van der Waals surface area (Å²) in [5.41, 5.74) is -0.505. The van der Waals surface area contributed by atoms with Gasteiger partial charge in [0.25, 0.3) is 0 Å². The zero-order valence-electron chi connectivity index (χ0n) is 20.0. The molecule has 1 aliphatic carbocycles. The summed E-state index contributed by atoms with van der Waals surface area (Å²) >= 11 is 0. The lowest BCUT2D eigenvalue weighted by atomic mass is 9.93. The van der Waals surface area contributed by atoms with Crippen molar-refractivity contribution in [3.63, 3.8) is 0 Å². The van der Waals surface area contributed by atoms with Gasteiger partial charge in [-0.3, -0.25) is 4.79 Å². The molecule has 2 aliphatic rings. The molecule has 1 saturated heterocycles. The molecule has 36 heavy (non-hydrogen) atoms. The van der Waals surface area contributed by atoms with Crippen LogP contribution in [0.3, 0.4) is 0 Å². The number of piperazine rings is 1. The van der Waals surface area contributed by atoms with E-state index in [1.165, 1.54) is 37.3 Å². The van der Waals surface area contributed by atoms with Crippen molar-refractivity contribution in [3.8, 4) is 0 Å². The van der Waals surface area contributed by atoms with E-state index in [2.05, 4.69) is 0 Å². The van der Waals surface area contributed by atoms with Crippen LogP contribution in [-0.4, -0.2) is 55.8 Å². The van der Waals surface area contributed by atoms with Crippen molar-refractivity contribution < 1.29 is 30.8 Å². The summed E-state index contributed by atoms with van der Waals surface area (Å²) in [6.45, 7) is 3.44. The Hall–Kier alpha value is -2.66. The van der Waals surface area contributed by atoms with Crippen molar-refractivity contribution in [2.45, 2.75) is 50.7 Å². The monoisotopic (exact) mass is 527 g/mol. The van der Waals surface area contributed by atoms with Crippen LogP contribution in [0.2, 0.25) is 0 Å². The molecule has 6 nitrogen and oxygen atoms in total. The van der Waals surface area contributed by atoms with Gasteiger partial charge in [0.2, 0.25) is 15.9 Å². The van der Waals surface area contributed by atoms with Gasteiger partial charge in [-0.05, 0) is 36.6 Å². The van der Waals surface area contributed by atoms with E-state index in [-0.39, 0.29) is 29.6 Å². The molecule has 2 aromatic carbocycles. The first kappa shape index (κ1) is 26.4. The molecule has 0 bridgehead atoms. The first-order chi connectivity index (χ1) is 17.0. The largest absolute Gasteiger partial charge is 0.416 e. The van der Waals surface area contributed by atoms with Crippen LogP contribution in [0, 0.1) is 5.82 Å². The maximum Gasteiger partial charge on any atom is 0.416 e. The van der Waals surface area contributed by atoms with Crippen LogP contribution in [0.15, 0.2) is 42.5 Å². The Labute approximate surface area is 208 Å². The third kappa shape index (κ3) is 5.83. The summed E-state index contributed by atoms with van der Waals surface area (Å²) < 4.78 is 83.2. The second-order valence-electron chi connectivity index (χ2n) is 9.31. The average molecular weight is 528 g/mol. The second-order valence-corrected chi connectivity index (χ2v) is 11.2. The minimum absolute atomic E-state index is 0.00803. The first-order valence-corrected chi connectivity index (χ1v) is 13.5. The van der Waals surface area contributed by atoms with Crippen molar-refractivity contribution in [2.75, 3.05) is 31.1 Å². The predicted molar refractivity (Wildman–Crippen MR) is 128 cm³/mol. The lowest BCUT2D eigenvalue weighted by Crippen LogP contribution is -2.48. The normalized spacial score (nSPS) is 17.4. The molecule has 1 amide bonds. The van der Waals surface area contributed by atoms with Gasteiger partial charge in [0.15, 0.2) is 0 Å². The summed E-state index contributed by atoms with van der Waals surface area (Å²) in [6.07, 6.45) is -2.70. The smallest absolute Gasteiger partial charge is 0.368 e. The van der Waals surface area contributed by atoms with Crippen molar-refractivity contribution in [3.05, 3.63) is 65.0 Å². The van der Waals surface area contributed by atoms with Gasteiger partial charge < -0.3 is 9.80 Å². The fourth-order valence-electron chi connectivity index (χ4n) is 4.64. The molecule has 1 aliphatic heterocycles. The molecule has 1 heterocycles. The van der Waals surface area contributed by atoms with Crippen molar-refractivity contribution >= 4 is 21.6 Å². The lowest BCUT2D eigenvalue weighted by molar-refractivity contribution is -0.138. The van der Waals surface area contributed by atoms with Gasteiger partial charge in [-0.15, -0.1) is 0 Å². The molecule has 0 unspecified atom stereocenters. The SMILES string of the molecule is CC(=O)N1CCN(c2ccc(CN(C3CCC3)S(=O)(=O)Cc3ccccc3C(F)(F)F)c(F)c2)CC1. The molecule has 0 N–H and O–H groups in total. The van der Waals surface area contributed by atoms with Crippen molar-refractivity contribution in [2.24, 2.45) is 0 Å². The molecule has 0 aromatic heterocycles. The Bertz CT molecular complexity index is 1210. The summed E-state index contributed by atoms with van der Waals surface area (Å²) in [4.78, 5) is 15.2. The summed E-state index contributed by atoms with van der Waals surface area (Å²) in [6, 6.07) is 8.87. The molecule has 2 aromatic rings. The number of nitrogens with zero attached hydrogens (tertiary/aromatic N) is 3. The summed E-state index contributed by atoms with van der Waals surface area (Å²) in [5.74, 6) is -1.39. The fourth-order valence-corrected chi connectivity index (χ4v) is 6.45. The van der Waals surface area contributed by atoms with Crippen LogP contribution in [0.4, 0.5) is 23.2 Å². The number of hydrogen-bond acceptors (Lipinski definition) is 4. The standard InChI is InChI=1S/C25H29F4N3O3S/c1-18(33)30-11-13-31(14-12-30)22-10-9-19(24(26)15-22)16-32(21-6-4-7-21)36(34,35)17-20-5-2-3-8-23(20)25(27,28)29/h2-3,5,8-10,15,21H,4,6-7,11-14,16-17H2,1H3. The predicted octanol–water partition coefficient (Wildman–Crippen LogP) is 4.40. The highest BCUT2D eigenvalue weighted by Gasteiger charge is 2.38. The van der Waals surface area contributed by atoms with Crippen LogP contribution >= 0.6 is 0 Å². The van der Waals surface area contributed by atoms with E-state index >= 15 is 4.39 Å². The van der Waals surface area contributed by atoms with E-state index in [0.29, 0.717) is 44.7 Å². The number of carbonyl (C=O) groups is 1. The number of rotatable bonds is 7. The molecule has 2 fully saturated rings. The molecule has 0 spiro atoms. The molecule has 0 radical (unpaired) electrons. The van der Waals surface area contributed by atoms with E-state index in [1.54, 1.807) is 11.0 Å². The number of alkyl halides is 3. The highest BCUT2D eigenvalue weighted by molar-refractivity contribution is 7.88. The van der Waals surface area contributed by atoms with Gasteiger partial charge in [0, 0.05) is 56.9 Å². The Kier molecular flexibility index (Phi) is 7.61. The quantitative estimate of drug-likeness (QED) is 0.501. The maximum absolute atomic E-state index is 15.1. The van der Waals surface area contributed by atoms with Crippen LogP contribution in [0.1, 0.15) is 42.9 Å². The number of hydrogen-bond donors (Lipinski definition) is 0. The van der Waals surface area contributed by atoms with Gasteiger partial charge in [-0.1, -0.05) is 30.7 Å². The zero-order chi connectivity index (χ0) is 26.1. The van der Waals surface area contributed by atoms with E-state index in [0.717, 1.165) is 16.8 Å². The molecular formula is C25H29F4N3O3S. The molecule has 11 heteroatoms. The number of amides is 1. The van der Waals surface area contributed by atoms with Gasteiger partial charge >= 0.3 is 6.18 Å². The summed E-state index contributed by atoms with van der Waals surface area (Å²) in [5, 5.41) is 0. The maximum atomic E-state index is 15.1. The van der Waals surface area contributed by atoms with Gasteiger partial charge in [-0.25, -0.2) is 12.8 Å². The third-order valence-corrected chi connectivity index (χ3v) is 8.77. The number of anilines is 1. The number of sulfonamides is 1. The number of halogens is 4. The number of carbonyl (C=O) groups excluding carboxylic acids is 1. The van der Waals surface area contributed by atoms with E-state index < -0.39 is 33.3 Å². The minimum atomic E-state index is -4.68. The Morgan fingerprint density at radius 1 is 1.03 bits per heavy atom. The fraction of sp³-hybridized carbons (Fsp3) is 0.480. The highest BCUT2D eigenvalue weighted by atomic mass is 32.2. The average Bonchev–Trinajstić information content (AvgIpc) is 2.78. The molecule has 196 valence electrons. The van der Waals surface area contributed by atoms with E-state index in [4.69, 9.17) is 0 Å². The van der Waals surface area contributed by atoms with Crippen LogP contribution in [-0.2, 0) is 33.3 Å². The molecular weight excluding hydrogens is 498 g/mol. The summed E-state index contributed by atoms with van der Waals surface area (Å²) in [7, 11) is -4.16. The van der Waals surface area contributed by atoms with Gasteiger partial charge in [-0.2, -0.15) is 17.5 Å². The highest BCUT2D eigenvalue weighted by Crippen LogP contribution is 2.35. The second kappa shape index (κ2) is 10.4. The zero-order valence-corrected chi connectivity index (χ0v) is 20.8. The van der Waals surface area contributed by atoms with Gasteiger partial charge in [0.05, 0.1) is 11.3 Å². The van der Waals surface area contributed by atoms with Gasteiger partial charge in [0.1, 0.15) is 5.82 Å². The molecule has 1 saturated carbocycles. The molecule has 0 atom stereocenters.